The van der Waals surface area contributed by atoms with E-state index in [1.807, 2.05) is 31.2 Å². The number of ether oxygens (including phenoxy) is 2. The van der Waals surface area contributed by atoms with E-state index < -0.39 is 5.91 Å². The number of rotatable bonds is 6. The van der Waals surface area contributed by atoms with Gasteiger partial charge in [0.15, 0.2) is 18.1 Å². The summed E-state index contributed by atoms with van der Waals surface area (Å²) in [6, 6.07) is 10.6. The number of benzene rings is 2. The van der Waals surface area contributed by atoms with Gasteiger partial charge in [-0.3, -0.25) is 9.59 Å². The smallest absolute Gasteiger partial charge is 0.258 e. The quantitative estimate of drug-likeness (QED) is 0.856. The molecule has 0 atom stereocenters. The van der Waals surface area contributed by atoms with Crippen molar-refractivity contribution in [2.75, 3.05) is 25.7 Å². The number of carbonyl (C=O) groups excluding carboxylic acids is 2. The molecule has 2 amide bonds. The van der Waals surface area contributed by atoms with Crippen LogP contribution in [0.3, 0.4) is 0 Å². The molecule has 0 spiro atoms. The average Bonchev–Trinajstić information content (AvgIpc) is 2.58. The van der Waals surface area contributed by atoms with Crippen molar-refractivity contribution in [1.82, 2.24) is 0 Å². The molecule has 0 unspecified atom stereocenters. The molecule has 25 heavy (non-hydrogen) atoms. The van der Waals surface area contributed by atoms with Crippen LogP contribution in [0.4, 0.5) is 5.69 Å². The normalized spacial score (nSPS) is 10.2. The number of hydrogen-bond donors (Lipinski definition) is 1. The second kappa shape index (κ2) is 7.90. The monoisotopic (exact) mass is 362 g/mol. The third kappa shape index (κ3) is 4.42. The topological polar surface area (TPSA) is 81.9 Å². The lowest BCUT2D eigenvalue weighted by atomic mass is 10.1. The molecule has 0 heterocycles. The first-order valence-corrected chi connectivity index (χ1v) is 7.84. The first kappa shape index (κ1) is 18.6. The highest BCUT2D eigenvalue weighted by Crippen LogP contribution is 2.37. The molecule has 2 rings (SSSR count). The van der Waals surface area contributed by atoms with E-state index in [1.54, 1.807) is 7.05 Å². The van der Waals surface area contributed by atoms with Gasteiger partial charge >= 0.3 is 0 Å². The molecule has 0 aromatic heterocycles. The van der Waals surface area contributed by atoms with Crippen LogP contribution in [0, 0.1) is 6.92 Å². The van der Waals surface area contributed by atoms with Gasteiger partial charge in [0.25, 0.3) is 11.8 Å². The predicted octanol–water partition coefficient (Wildman–Crippen LogP) is 2.80. The molecule has 0 aliphatic heterocycles. The van der Waals surface area contributed by atoms with Crippen LogP contribution in [-0.4, -0.2) is 32.6 Å². The van der Waals surface area contributed by atoms with Crippen molar-refractivity contribution in [3.05, 3.63) is 52.5 Å². The molecular weight excluding hydrogens is 344 g/mol. The van der Waals surface area contributed by atoms with Crippen LogP contribution in [-0.2, 0) is 4.79 Å². The van der Waals surface area contributed by atoms with Gasteiger partial charge in [0.2, 0.25) is 0 Å². The molecule has 2 N–H and O–H groups in total. The number of nitrogens with two attached hydrogens (primary N) is 1. The summed E-state index contributed by atoms with van der Waals surface area (Å²) in [6.45, 7) is 1.61. The number of halogens is 1. The summed E-state index contributed by atoms with van der Waals surface area (Å²) < 4.78 is 10.5. The summed E-state index contributed by atoms with van der Waals surface area (Å²) in [5.74, 6) is -0.489. The number of methoxy groups -OCH3 is 1. The Morgan fingerprint density at radius 1 is 1.24 bits per heavy atom. The van der Waals surface area contributed by atoms with E-state index in [4.69, 9.17) is 26.8 Å². The maximum atomic E-state index is 12.8. The second-order valence-electron chi connectivity index (χ2n) is 5.45. The predicted molar refractivity (Wildman–Crippen MR) is 96.6 cm³/mol. The minimum atomic E-state index is -0.641. The molecule has 0 aliphatic rings. The average molecular weight is 363 g/mol. The van der Waals surface area contributed by atoms with E-state index in [9.17, 15) is 9.59 Å². The molecule has 132 valence electrons. The SMILES string of the molecule is COc1cc(C(=O)N(C)c2cccc(C)c2)cc(Cl)c1OCC(N)=O. The Kier molecular flexibility index (Phi) is 5.88. The van der Waals surface area contributed by atoms with Gasteiger partial charge in [-0.2, -0.15) is 0 Å². The van der Waals surface area contributed by atoms with Crippen molar-refractivity contribution in [1.29, 1.82) is 0 Å². The number of amides is 2. The standard InChI is InChI=1S/C18H19ClN2O4/c1-11-5-4-6-13(7-11)21(2)18(23)12-8-14(19)17(15(9-12)24-3)25-10-16(20)22/h4-9H,10H2,1-3H3,(H2,20,22). The number of hydrogen-bond acceptors (Lipinski definition) is 4. The van der Waals surface area contributed by atoms with Gasteiger partial charge in [0.05, 0.1) is 12.1 Å². The zero-order valence-corrected chi connectivity index (χ0v) is 15.0. The second-order valence-corrected chi connectivity index (χ2v) is 5.85. The molecule has 0 bridgehead atoms. The largest absolute Gasteiger partial charge is 0.493 e. The summed E-state index contributed by atoms with van der Waals surface area (Å²) >= 11 is 6.19. The van der Waals surface area contributed by atoms with Gasteiger partial charge < -0.3 is 20.1 Å². The van der Waals surface area contributed by atoms with E-state index >= 15 is 0 Å². The van der Waals surface area contributed by atoms with Crippen LogP contribution in [0.5, 0.6) is 11.5 Å². The Morgan fingerprint density at radius 3 is 2.56 bits per heavy atom. The molecule has 7 heteroatoms. The maximum Gasteiger partial charge on any atom is 0.258 e. The summed E-state index contributed by atoms with van der Waals surface area (Å²) in [5.41, 5.74) is 7.20. The fraction of sp³-hybridized carbons (Fsp3) is 0.222. The third-order valence-corrected chi connectivity index (χ3v) is 3.81. The summed E-state index contributed by atoms with van der Waals surface area (Å²) in [5, 5.41) is 0.154. The zero-order chi connectivity index (χ0) is 18.6. The van der Waals surface area contributed by atoms with Crippen LogP contribution < -0.4 is 20.1 Å². The molecule has 0 fully saturated rings. The van der Waals surface area contributed by atoms with Crippen LogP contribution in [0.15, 0.2) is 36.4 Å². The lowest BCUT2D eigenvalue weighted by Gasteiger charge is -2.19. The van der Waals surface area contributed by atoms with Crippen molar-refractivity contribution in [2.45, 2.75) is 6.92 Å². The molecule has 0 saturated heterocycles. The van der Waals surface area contributed by atoms with Crippen molar-refractivity contribution < 1.29 is 19.1 Å². The van der Waals surface area contributed by atoms with Gasteiger partial charge in [-0.15, -0.1) is 0 Å². The highest BCUT2D eigenvalue weighted by atomic mass is 35.5. The maximum absolute atomic E-state index is 12.8. The number of anilines is 1. The van der Waals surface area contributed by atoms with Crippen LogP contribution in [0.2, 0.25) is 5.02 Å². The van der Waals surface area contributed by atoms with Crippen molar-refractivity contribution in [2.24, 2.45) is 5.73 Å². The van der Waals surface area contributed by atoms with Gasteiger partial charge in [0, 0.05) is 18.3 Å². The van der Waals surface area contributed by atoms with Gasteiger partial charge in [-0.05, 0) is 36.8 Å². The van der Waals surface area contributed by atoms with E-state index in [0.29, 0.717) is 5.56 Å². The van der Waals surface area contributed by atoms with Gasteiger partial charge in [-0.25, -0.2) is 0 Å². The summed E-state index contributed by atoms with van der Waals surface area (Å²) in [7, 11) is 3.09. The van der Waals surface area contributed by atoms with Crippen LogP contribution in [0.25, 0.3) is 0 Å². The third-order valence-electron chi connectivity index (χ3n) is 3.53. The Hall–Kier alpha value is -2.73. The Balaban J connectivity index is 2.34. The van der Waals surface area contributed by atoms with Crippen molar-refractivity contribution >= 4 is 29.1 Å². The number of carbonyl (C=O) groups is 2. The number of nitrogens with zero attached hydrogens (tertiary/aromatic N) is 1. The fourth-order valence-electron chi connectivity index (χ4n) is 2.27. The summed E-state index contributed by atoms with van der Waals surface area (Å²) in [6.07, 6.45) is 0. The summed E-state index contributed by atoms with van der Waals surface area (Å²) in [4.78, 5) is 25.2. The van der Waals surface area contributed by atoms with Crippen molar-refractivity contribution in [3.8, 4) is 11.5 Å². The molecule has 6 nitrogen and oxygen atoms in total. The van der Waals surface area contributed by atoms with Gasteiger partial charge in [0.1, 0.15) is 0 Å². The minimum Gasteiger partial charge on any atom is -0.493 e. The van der Waals surface area contributed by atoms with E-state index in [0.717, 1.165) is 11.3 Å². The highest BCUT2D eigenvalue weighted by Gasteiger charge is 2.19. The molecule has 0 radical (unpaired) electrons. The lowest BCUT2D eigenvalue weighted by molar-refractivity contribution is -0.119. The zero-order valence-electron chi connectivity index (χ0n) is 14.2. The van der Waals surface area contributed by atoms with E-state index in [2.05, 4.69) is 0 Å². The van der Waals surface area contributed by atoms with E-state index in [-0.39, 0.29) is 29.0 Å². The first-order chi connectivity index (χ1) is 11.8. The minimum absolute atomic E-state index is 0.154. The van der Waals surface area contributed by atoms with Crippen molar-refractivity contribution in [3.63, 3.8) is 0 Å². The molecule has 2 aromatic rings. The Labute approximate surface area is 151 Å². The van der Waals surface area contributed by atoms with Gasteiger partial charge in [-0.1, -0.05) is 23.7 Å². The Bertz CT molecular complexity index is 808. The number of aryl methyl sites for hydroxylation is 1. The van der Waals surface area contributed by atoms with E-state index in [1.165, 1.54) is 24.1 Å². The molecule has 2 aromatic carbocycles. The molecule has 0 aliphatic carbocycles. The van der Waals surface area contributed by atoms with Crippen LogP contribution in [0.1, 0.15) is 15.9 Å². The Morgan fingerprint density at radius 2 is 1.96 bits per heavy atom. The molecular formula is C18H19ClN2O4. The first-order valence-electron chi connectivity index (χ1n) is 7.47. The fourth-order valence-corrected chi connectivity index (χ4v) is 2.54. The highest BCUT2D eigenvalue weighted by molar-refractivity contribution is 6.32. The molecule has 0 saturated carbocycles. The number of primary amides is 1. The lowest BCUT2D eigenvalue weighted by Crippen LogP contribution is -2.26. The van der Waals surface area contributed by atoms with Crippen LogP contribution >= 0.6 is 11.6 Å².